The zero-order chi connectivity index (χ0) is 35.6. The van der Waals surface area contributed by atoms with Crippen molar-refractivity contribution in [2.75, 3.05) is 0 Å². The average Bonchev–Trinajstić information content (AvgIpc) is 3.81. The topological polar surface area (TPSA) is 17.8 Å². The molecule has 7 aromatic carbocycles. The van der Waals surface area contributed by atoms with Gasteiger partial charge in [-0.3, -0.25) is 0 Å². The Morgan fingerprint density at radius 1 is 0.500 bits per heavy atom. The first-order chi connectivity index (χ1) is 26.8. The van der Waals surface area contributed by atoms with Crippen LogP contribution in [0.15, 0.2) is 182 Å². The molecule has 0 atom stereocenters. The average molecular weight is 707 g/mol. The Bertz CT molecular complexity index is 3130. The fourth-order valence-electron chi connectivity index (χ4n) is 8.49. The van der Waals surface area contributed by atoms with Crippen LogP contribution in [0.1, 0.15) is 18.5 Å². The number of fused-ring (bicyclic) bond motifs is 10. The molecule has 0 radical (unpaired) electrons. The Kier molecular flexibility index (Phi) is 7.21. The molecule has 0 N–H and O–H groups in total. The maximum Gasteiger partial charge on any atom is 0.0726 e. The Labute approximate surface area is 317 Å². The largest absolute Gasteiger partial charge is 0.308 e. The van der Waals surface area contributed by atoms with E-state index in [1.54, 1.807) is 0 Å². The molecule has 0 saturated carbocycles. The summed E-state index contributed by atoms with van der Waals surface area (Å²) in [6.45, 7) is 0. The molecule has 10 aromatic rings. The van der Waals surface area contributed by atoms with E-state index in [0.717, 1.165) is 29.8 Å². The Morgan fingerprint density at radius 2 is 1.15 bits per heavy atom. The molecule has 1 aliphatic rings. The van der Waals surface area contributed by atoms with Crippen molar-refractivity contribution in [2.24, 2.45) is 0 Å². The molecule has 0 fully saturated rings. The lowest BCUT2D eigenvalue weighted by Gasteiger charge is -2.14. The van der Waals surface area contributed by atoms with E-state index in [1.165, 1.54) is 86.3 Å². The van der Waals surface area contributed by atoms with Crippen molar-refractivity contribution in [2.45, 2.75) is 12.8 Å². The van der Waals surface area contributed by atoms with Crippen LogP contribution in [0, 0.1) is 0 Å². The maximum atomic E-state index is 5.14. The van der Waals surface area contributed by atoms with Gasteiger partial charge in [0.1, 0.15) is 0 Å². The normalized spacial score (nSPS) is 13.1. The van der Waals surface area contributed by atoms with Crippen molar-refractivity contribution < 1.29 is 0 Å². The second-order valence-electron chi connectivity index (χ2n) is 14.2. The van der Waals surface area contributed by atoms with Gasteiger partial charge in [0.15, 0.2) is 0 Å². The van der Waals surface area contributed by atoms with Crippen LogP contribution in [0.4, 0.5) is 0 Å². The van der Waals surface area contributed by atoms with Crippen LogP contribution in [0.25, 0.3) is 97.5 Å². The molecule has 254 valence electrons. The van der Waals surface area contributed by atoms with Gasteiger partial charge in [-0.05, 0) is 93.9 Å². The fraction of sp³-hybridized carbons (Fsp3) is 0.0392. The molecule has 0 saturated heterocycles. The first kappa shape index (κ1) is 31.0. The number of allylic oxidation sites excluding steroid dienone is 4. The molecule has 11 rings (SSSR count). The van der Waals surface area contributed by atoms with Gasteiger partial charge >= 0.3 is 0 Å². The fourth-order valence-corrected chi connectivity index (χ4v) is 9.75. The van der Waals surface area contributed by atoms with Crippen molar-refractivity contribution in [3.63, 3.8) is 0 Å². The highest BCUT2D eigenvalue weighted by atomic mass is 32.1. The molecule has 0 amide bonds. The van der Waals surface area contributed by atoms with E-state index in [1.807, 2.05) is 11.3 Å². The predicted octanol–water partition coefficient (Wildman–Crippen LogP) is 14.4. The number of pyridine rings is 1. The van der Waals surface area contributed by atoms with E-state index < -0.39 is 0 Å². The highest BCUT2D eigenvalue weighted by Gasteiger charge is 2.22. The van der Waals surface area contributed by atoms with Crippen molar-refractivity contribution in [3.05, 3.63) is 188 Å². The third-order valence-electron chi connectivity index (χ3n) is 11.0. The monoisotopic (exact) mass is 706 g/mol. The molecule has 3 heteroatoms. The Morgan fingerprint density at radius 3 is 1.91 bits per heavy atom. The summed E-state index contributed by atoms with van der Waals surface area (Å²) < 4.78 is 5.15. The second kappa shape index (κ2) is 12.5. The number of nitrogens with zero attached hydrogens (tertiary/aromatic N) is 2. The minimum atomic E-state index is 1.00. The number of para-hydroxylation sites is 1. The summed E-state index contributed by atoms with van der Waals surface area (Å²) in [5, 5.41) is 7.86. The first-order valence-corrected chi connectivity index (χ1v) is 19.5. The second-order valence-corrected chi connectivity index (χ2v) is 15.3. The summed E-state index contributed by atoms with van der Waals surface area (Å²) in [5.74, 6) is 0. The third kappa shape index (κ3) is 4.97. The number of thiophene rings is 1. The van der Waals surface area contributed by atoms with Crippen molar-refractivity contribution in [3.8, 4) is 39.2 Å². The number of rotatable bonds is 5. The lowest BCUT2D eigenvalue weighted by molar-refractivity contribution is 1.04. The summed E-state index contributed by atoms with van der Waals surface area (Å²) in [4.78, 5) is 5.14. The van der Waals surface area contributed by atoms with Gasteiger partial charge < -0.3 is 4.57 Å². The smallest absolute Gasteiger partial charge is 0.0726 e. The quantitative estimate of drug-likeness (QED) is 0.174. The minimum Gasteiger partial charge on any atom is -0.308 e. The summed E-state index contributed by atoms with van der Waals surface area (Å²) in [6.07, 6.45) is 8.66. The summed E-state index contributed by atoms with van der Waals surface area (Å²) in [5.41, 5.74) is 12.9. The lowest BCUT2D eigenvalue weighted by atomic mass is 9.95. The molecule has 0 aliphatic heterocycles. The number of benzene rings is 7. The maximum absolute atomic E-state index is 5.14. The van der Waals surface area contributed by atoms with Crippen LogP contribution in [0.3, 0.4) is 0 Å². The van der Waals surface area contributed by atoms with Gasteiger partial charge in [0.25, 0.3) is 0 Å². The zero-order valence-electron chi connectivity index (χ0n) is 29.5. The van der Waals surface area contributed by atoms with E-state index in [9.17, 15) is 0 Å². The van der Waals surface area contributed by atoms with Gasteiger partial charge in [0, 0.05) is 37.5 Å². The molecule has 3 aromatic heterocycles. The van der Waals surface area contributed by atoms with E-state index in [-0.39, 0.29) is 0 Å². The molecular weight excluding hydrogens is 673 g/mol. The van der Waals surface area contributed by atoms with E-state index >= 15 is 0 Å². The van der Waals surface area contributed by atoms with Gasteiger partial charge in [-0.2, -0.15) is 0 Å². The van der Waals surface area contributed by atoms with Crippen molar-refractivity contribution in [1.82, 2.24) is 9.55 Å². The molecule has 0 spiro atoms. The first-order valence-electron chi connectivity index (χ1n) is 18.7. The highest BCUT2D eigenvalue weighted by molar-refractivity contribution is 7.27. The predicted molar refractivity (Wildman–Crippen MR) is 232 cm³/mol. The van der Waals surface area contributed by atoms with Gasteiger partial charge in [0.2, 0.25) is 0 Å². The summed E-state index contributed by atoms with van der Waals surface area (Å²) in [6, 6.07) is 59.8. The molecule has 0 bridgehead atoms. The van der Waals surface area contributed by atoms with E-state index in [4.69, 9.17) is 4.98 Å². The van der Waals surface area contributed by atoms with E-state index in [2.05, 4.69) is 187 Å². The van der Waals surface area contributed by atoms with Gasteiger partial charge in [-0.25, -0.2) is 4.98 Å². The molecule has 0 unspecified atom stereocenters. The molecule has 1 aliphatic carbocycles. The van der Waals surface area contributed by atoms with Gasteiger partial charge in [0.05, 0.1) is 27.1 Å². The van der Waals surface area contributed by atoms with Crippen LogP contribution in [-0.4, -0.2) is 9.55 Å². The van der Waals surface area contributed by atoms with Crippen molar-refractivity contribution >= 4 is 69.7 Å². The summed E-state index contributed by atoms with van der Waals surface area (Å²) in [7, 11) is 0. The van der Waals surface area contributed by atoms with Crippen LogP contribution in [0.2, 0.25) is 0 Å². The SMILES string of the molecule is C1=CCCC(c2cc(-c3ccc(-c4ccc5c(c4)c4c6ccccc6c6c7ccccc7sc6c4n5-c4ccccc4)cc3)cc(-c3ccccc3)n2)=C1. The van der Waals surface area contributed by atoms with Crippen molar-refractivity contribution in [1.29, 1.82) is 0 Å². The lowest BCUT2D eigenvalue weighted by Crippen LogP contribution is -1.96. The molecular formula is C51H34N2S. The van der Waals surface area contributed by atoms with Gasteiger partial charge in [-0.15, -0.1) is 11.3 Å². The molecule has 3 heterocycles. The van der Waals surface area contributed by atoms with E-state index in [0.29, 0.717) is 0 Å². The standard InChI is InChI=1S/C51H34N2S/c1-4-14-35(15-5-1)44-31-38(32-45(52-44)36-16-6-2-7-17-36)34-26-24-33(25-27-34)37-28-29-46-43(30-37)48-40-20-10-11-21-41(40)49-42-22-12-13-23-47(42)54-51(49)50(48)53(46)39-18-8-3-9-19-39/h1-6,8-16,18-32H,7,17H2. The number of hydrogen-bond donors (Lipinski definition) is 0. The molecule has 2 nitrogen and oxygen atoms in total. The van der Waals surface area contributed by atoms with Gasteiger partial charge in [-0.1, -0.05) is 140 Å². The Hall–Kier alpha value is -6.55. The number of hydrogen-bond acceptors (Lipinski definition) is 2. The number of aromatic nitrogens is 2. The van der Waals surface area contributed by atoms with Crippen LogP contribution in [0.5, 0.6) is 0 Å². The zero-order valence-corrected chi connectivity index (χ0v) is 30.4. The summed E-state index contributed by atoms with van der Waals surface area (Å²) >= 11 is 1.91. The highest BCUT2D eigenvalue weighted by Crippen LogP contribution is 2.48. The Balaban J connectivity index is 1.10. The van der Waals surface area contributed by atoms with Crippen LogP contribution >= 0.6 is 11.3 Å². The molecule has 54 heavy (non-hydrogen) atoms. The van der Waals surface area contributed by atoms with Crippen LogP contribution in [-0.2, 0) is 0 Å². The minimum absolute atomic E-state index is 1.00. The van der Waals surface area contributed by atoms with Crippen LogP contribution < -0.4 is 0 Å². The third-order valence-corrected chi connectivity index (χ3v) is 12.2.